The molecule has 2 amide bonds. The molecule has 0 aromatic rings. The maximum absolute atomic E-state index is 12.1. The van der Waals surface area contributed by atoms with Crippen LogP contribution >= 0.6 is 11.9 Å². The highest BCUT2D eigenvalue weighted by Crippen LogP contribution is 2.29. The minimum Gasteiger partial charge on any atom is -0.480 e. The van der Waals surface area contributed by atoms with Crippen LogP contribution in [0.25, 0.3) is 0 Å². The Labute approximate surface area is 110 Å². The number of urea groups is 1. The predicted molar refractivity (Wildman–Crippen MR) is 67.1 cm³/mol. The van der Waals surface area contributed by atoms with Gasteiger partial charge < -0.3 is 15.2 Å². The molecule has 0 atom stereocenters. The highest BCUT2D eigenvalue weighted by molar-refractivity contribution is 7.97. The lowest BCUT2D eigenvalue weighted by molar-refractivity contribution is -0.145. The summed E-state index contributed by atoms with van der Waals surface area (Å²) < 4.78 is 6.68. The van der Waals surface area contributed by atoms with Crippen LogP contribution in [-0.2, 0) is 9.53 Å². The van der Waals surface area contributed by atoms with E-state index in [1.807, 2.05) is 0 Å². The first-order valence-electron chi connectivity index (χ1n) is 6.18. The molecular formula is C11H18N2O4S. The van der Waals surface area contributed by atoms with Gasteiger partial charge in [0, 0.05) is 0 Å². The third kappa shape index (κ3) is 2.89. The number of carbonyl (C=O) groups is 2. The molecule has 1 heterocycles. The Balaban J connectivity index is 1.99. The zero-order valence-electron chi connectivity index (χ0n) is 10.2. The van der Waals surface area contributed by atoms with Crippen LogP contribution in [0, 0.1) is 0 Å². The van der Waals surface area contributed by atoms with Crippen LogP contribution in [0.5, 0.6) is 0 Å². The second-order valence-corrected chi connectivity index (χ2v) is 5.57. The van der Waals surface area contributed by atoms with Gasteiger partial charge in [0.2, 0.25) is 0 Å². The smallest absolute Gasteiger partial charge is 0.329 e. The van der Waals surface area contributed by atoms with E-state index in [0.29, 0.717) is 31.9 Å². The summed E-state index contributed by atoms with van der Waals surface area (Å²) in [5.74, 6) is -0.484. The predicted octanol–water partition coefficient (Wildman–Crippen LogP) is 1.42. The van der Waals surface area contributed by atoms with E-state index in [2.05, 4.69) is 5.32 Å². The highest BCUT2D eigenvalue weighted by Gasteiger charge is 2.42. The van der Waals surface area contributed by atoms with Crippen LogP contribution in [0.15, 0.2) is 0 Å². The molecule has 0 aromatic heterocycles. The minimum atomic E-state index is -1.08. The first-order valence-corrected chi connectivity index (χ1v) is 7.12. The van der Waals surface area contributed by atoms with Gasteiger partial charge in [0.15, 0.2) is 0 Å². The van der Waals surface area contributed by atoms with Gasteiger partial charge in [0.25, 0.3) is 0 Å². The Morgan fingerprint density at radius 3 is 2.56 bits per heavy atom. The Morgan fingerprint density at radius 1 is 1.28 bits per heavy atom. The molecule has 18 heavy (non-hydrogen) atoms. The maximum Gasteiger partial charge on any atom is 0.329 e. The summed E-state index contributed by atoms with van der Waals surface area (Å²) in [7, 11) is 0. The van der Waals surface area contributed by atoms with Crippen LogP contribution < -0.4 is 5.32 Å². The van der Waals surface area contributed by atoms with E-state index >= 15 is 0 Å². The lowest BCUT2D eigenvalue weighted by Crippen LogP contribution is -2.58. The number of nitrogens with zero attached hydrogens (tertiary/aromatic N) is 1. The van der Waals surface area contributed by atoms with Crippen molar-refractivity contribution in [3.8, 4) is 0 Å². The number of rotatable bonds is 2. The number of aliphatic carboxylic acids is 1. The van der Waals surface area contributed by atoms with Gasteiger partial charge in [0.1, 0.15) is 11.5 Å². The molecule has 1 saturated heterocycles. The fraction of sp³-hybridized carbons (Fsp3) is 0.818. The molecule has 1 saturated carbocycles. The van der Waals surface area contributed by atoms with Gasteiger partial charge in [-0.1, -0.05) is 19.3 Å². The van der Waals surface area contributed by atoms with Crippen molar-refractivity contribution in [1.82, 2.24) is 9.62 Å². The molecule has 2 fully saturated rings. The second kappa shape index (κ2) is 5.79. The summed E-state index contributed by atoms with van der Waals surface area (Å²) in [6, 6.07) is -0.312. The first kappa shape index (κ1) is 13.5. The minimum absolute atomic E-state index is 0.312. The van der Waals surface area contributed by atoms with Gasteiger partial charge in [-0.3, -0.25) is 4.31 Å². The summed E-state index contributed by atoms with van der Waals surface area (Å²) in [5.41, 5.74) is -1.08. The van der Waals surface area contributed by atoms with Crippen molar-refractivity contribution in [1.29, 1.82) is 0 Å². The number of hydrogen-bond acceptors (Lipinski definition) is 4. The molecule has 1 aliphatic carbocycles. The number of hydrogen-bond donors (Lipinski definition) is 2. The lowest BCUT2D eigenvalue weighted by Gasteiger charge is -2.36. The van der Waals surface area contributed by atoms with Crippen LogP contribution in [0.1, 0.15) is 32.1 Å². The first-order chi connectivity index (χ1) is 8.64. The maximum atomic E-state index is 12.1. The SMILES string of the molecule is O=C(NC1(C(=O)O)CCCCC1)N1CCOCS1. The molecule has 7 heteroatoms. The Morgan fingerprint density at radius 2 is 2.00 bits per heavy atom. The van der Waals surface area contributed by atoms with Crippen molar-refractivity contribution in [2.45, 2.75) is 37.6 Å². The second-order valence-electron chi connectivity index (χ2n) is 4.64. The largest absolute Gasteiger partial charge is 0.480 e. The molecule has 0 bridgehead atoms. The van der Waals surface area contributed by atoms with Crippen molar-refractivity contribution in [3.05, 3.63) is 0 Å². The van der Waals surface area contributed by atoms with Crippen molar-refractivity contribution in [2.24, 2.45) is 0 Å². The lowest BCUT2D eigenvalue weighted by atomic mass is 9.82. The fourth-order valence-electron chi connectivity index (χ4n) is 2.35. The van der Waals surface area contributed by atoms with Gasteiger partial charge in [0.05, 0.1) is 13.2 Å². The molecule has 2 N–H and O–H groups in total. The summed E-state index contributed by atoms with van der Waals surface area (Å²) in [5, 5.41) is 12.1. The topological polar surface area (TPSA) is 78.9 Å². The van der Waals surface area contributed by atoms with E-state index < -0.39 is 11.5 Å². The summed E-state index contributed by atoms with van der Waals surface area (Å²) in [4.78, 5) is 23.5. The number of carboxylic acid groups (broad SMARTS) is 1. The van der Waals surface area contributed by atoms with E-state index in [4.69, 9.17) is 4.74 Å². The molecule has 0 radical (unpaired) electrons. The van der Waals surface area contributed by atoms with E-state index in [1.165, 1.54) is 11.9 Å². The van der Waals surface area contributed by atoms with Gasteiger partial charge in [-0.25, -0.2) is 9.59 Å². The van der Waals surface area contributed by atoms with Crippen LogP contribution in [-0.4, -0.2) is 46.0 Å². The zero-order valence-corrected chi connectivity index (χ0v) is 11.0. The van der Waals surface area contributed by atoms with E-state index in [-0.39, 0.29) is 6.03 Å². The number of carboxylic acids is 1. The third-order valence-corrected chi connectivity index (χ3v) is 4.35. The van der Waals surface area contributed by atoms with E-state index in [9.17, 15) is 14.7 Å². The average molecular weight is 274 g/mol. The van der Waals surface area contributed by atoms with E-state index in [0.717, 1.165) is 19.3 Å². The van der Waals surface area contributed by atoms with Crippen LogP contribution in [0.4, 0.5) is 4.79 Å². The van der Waals surface area contributed by atoms with Crippen LogP contribution in [0.2, 0.25) is 0 Å². The third-order valence-electron chi connectivity index (χ3n) is 3.42. The van der Waals surface area contributed by atoms with Crippen molar-refractivity contribution in [3.63, 3.8) is 0 Å². The van der Waals surface area contributed by atoms with Gasteiger partial charge >= 0.3 is 12.0 Å². The monoisotopic (exact) mass is 274 g/mol. The molecular weight excluding hydrogens is 256 g/mol. The number of carbonyl (C=O) groups excluding carboxylic acids is 1. The summed E-state index contributed by atoms with van der Waals surface area (Å²) >= 11 is 1.28. The molecule has 0 aromatic carbocycles. The molecule has 2 rings (SSSR count). The fourth-order valence-corrected chi connectivity index (χ4v) is 3.03. The van der Waals surface area contributed by atoms with Crippen molar-refractivity contribution in [2.75, 3.05) is 19.1 Å². The molecule has 0 unspecified atom stereocenters. The standard InChI is InChI=1S/C11H18N2O4S/c14-9(15)11(4-2-1-3-5-11)12-10(16)13-6-7-17-8-18-13/h1-8H2,(H,12,16)(H,14,15). The van der Waals surface area contributed by atoms with Gasteiger partial charge in [-0.2, -0.15) is 0 Å². The average Bonchev–Trinajstić information content (AvgIpc) is 2.40. The molecule has 6 nitrogen and oxygen atoms in total. The van der Waals surface area contributed by atoms with E-state index in [1.54, 1.807) is 4.31 Å². The number of ether oxygens (including phenoxy) is 1. The molecule has 0 spiro atoms. The van der Waals surface area contributed by atoms with Crippen molar-refractivity contribution >= 4 is 23.9 Å². The normalized spacial score (nSPS) is 23.4. The Bertz CT molecular complexity index is 325. The molecule has 1 aliphatic heterocycles. The molecule has 102 valence electrons. The van der Waals surface area contributed by atoms with Gasteiger partial charge in [-0.05, 0) is 24.8 Å². The van der Waals surface area contributed by atoms with Crippen molar-refractivity contribution < 1.29 is 19.4 Å². The Hall–Kier alpha value is -0.950. The molecule has 2 aliphatic rings. The van der Waals surface area contributed by atoms with Crippen LogP contribution in [0.3, 0.4) is 0 Å². The summed E-state index contributed by atoms with van der Waals surface area (Å²) in [6.07, 6.45) is 3.77. The zero-order chi connectivity index (χ0) is 13.0. The number of amides is 2. The quantitative estimate of drug-likeness (QED) is 0.745. The van der Waals surface area contributed by atoms with Gasteiger partial charge in [-0.15, -0.1) is 0 Å². The highest BCUT2D eigenvalue weighted by atomic mass is 32.2. The number of nitrogens with one attached hydrogen (secondary N) is 1. The summed E-state index contributed by atoms with van der Waals surface area (Å²) in [6.45, 7) is 0.993. The Kier molecular flexibility index (Phi) is 4.34.